The summed E-state index contributed by atoms with van der Waals surface area (Å²) >= 11 is 0. The second kappa shape index (κ2) is 9.64. The summed E-state index contributed by atoms with van der Waals surface area (Å²) in [6.45, 7) is 6.28. The third-order valence-corrected chi connectivity index (χ3v) is 4.84. The highest BCUT2D eigenvalue weighted by molar-refractivity contribution is 5.74. The predicted octanol–water partition coefficient (Wildman–Crippen LogP) is 6.23. The molecule has 2 aromatic carbocycles. The lowest BCUT2D eigenvalue weighted by molar-refractivity contribution is 0.217. The molecule has 0 bridgehead atoms. The molecule has 1 aromatic heterocycles. The molecular formula is C24H24F3N3O. The second-order valence-corrected chi connectivity index (χ2v) is 7.23. The normalized spacial score (nSPS) is 12.2. The molecule has 0 aliphatic rings. The molecule has 7 heteroatoms. The minimum Gasteiger partial charge on any atom is -0.469 e. The van der Waals surface area contributed by atoms with Crippen LogP contribution in [0.5, 0.6) is 5.88 Å². The highest BCUT2D eigenvalue weighted by atomic mass is 19.1. The van der Waals surface area contributed by atoms with E-state index in [1.807, 2.05) is 24.9 Å². The summed E-state index contributed by atoms with van der Waals surface area (Å²) < 4.78 is 46.7. The first-order valence-electron chi connectivity index (χ1n) is 9.91. The number of halogens is 3. The van der Waals surface area contributed by atoms with Gasteiger partial charge in [0.2, 0.25) is 5.88 Å². The van der Waals surface area contributed by atoms with Crippen LogP contribution in [0.2, 0.25) is 0 Å². The van der Waals surface area contributed by atoms with E-state index in [0.29, 0.717) is 28.1 Å². The zero-order chi connectivity index (χ0) is 22.5. The number of ether oxygens (including phenoxy) is 1. The Kier molecular flexibility index (Phi) is 6.95. The van der Waals surface area contributed by atoms with Gasteiger partial charge in [-0.25, -0.2) is 23.1 Å². The van der Waals surface area contributed by atoms with Crippen molar-refractivity contribution in [1.29, 1.82) is 0 Å². The fraction of sp³-hybridized carbons (Fsp3) is 0.250. The molecule has 1 heterocycles. The summed E-state index contributed by atoms with van der Waals surface area (Å²) in [5.41, 5.74) is 2.88. The van der Waals surface area contributed by atoms with Crippen molar-refractivity contribution in [1.82, 2.24) is 9.88 Å². The molecule has 0 amide bonds. The number of hydrogen-bond donors (Lipinski definition) is 0. The number of hydrogen-bond acceptors (Lipinski definition) is 3. The first-order valence-corrected chi connectivity index (χ1v) is 9.91. The summed E-state index contributed by atoms with van der Waals surface area (Å²) in [5, 5.41) is 0. The van der Waals surface area contributed by atoms with Crippen molar-refractivity contribution in [3.8, 4) is 17.0 Å². The number of aromatic nitrogens is 1. The molecule has 0 aliphatic carbocycles. The zero-order valence-corrected chi connectivity index (χ0v) is 17.9. The zero-order valence-electron chi connectivity index (χ0n) is 17.9. The Morgan fingerprint density at radius 1 is 1.03 bits per heavy atom. The summed E-state index contributed by atoms with van der Waals surface area (Å²) in [6, 6.07) is 11.0. The van der Waals surface area contributed by atoms with E-state index in [9.17, 15) is 13.2 Å². The van der Waals surface area contributed by atoms with Crippen LogP contribution in [0, 0.1) is 24.4 Å². The van der Waals surface area contributed by atoms with Crippen LogP contribution in [-0.2, 0) is 0 Å². The Labute approximate surface area is 180 Å². The topological polar surface area (TPSA) is 37.7 Å². The molecule has 31 heavy (non-hydrogen) atoms. The average Bonchev–Trinajstić information content (AvgIpc) is 2.73. The summed E-state index contributed by atoms with van der Waals surface area (Å²) in [7, 11) is 1.91. The van der Waals surface area contributed by atoms with Gasteiger partial charge >= 0.3 is 0 Å². The lowest BCUT2D eigenvalue weighted by Crippen LogP contribution is -2.14. The third kappa shape index (κ3) is 5.63. The van der Waals surface area contributed by atoms with Crippen molar-refractivity contribution in [3.63, 3.8) is 0 Å². The molecule has 4 nitrogen and oxygen atoms in total. The SMILES string of the molecule is CCN(C)/C=N/c1cc(-c2ccc(F)cc2)c(OC(C)c2cc(F)cc(F)c2)nc1C. The molecule has 0 saturated heterocycles. The first kappa shape index (κ1) is 22.3. The van der Waals surface area contributed by atoms with Gasteiger partial charge in [0.15, 0.2) is 0 Å². The van der Waals surface area contributed by atoms with Crippen molar-refractivity contribution in [2.24, 2.45) is 4.99 Å². The van der Waals surface area contributed by atoms with E-state index in [-0.39, 0.29) is 11.7 Å². The minimum atomic E-state index is -0.682. The Morgan fingerprint density at radius 2 is 1.68 bits per heavy atom. The summed E-state index contributed by atoms with van der Waals surface area (Å²) in [6.07, 6.45) is 1.04. The number of rotatable bonds is 7. The van der Waals surface area contributed by atoms with Gasteiger partial charge in [-0.2, -0.15) is 0 Å². The van der Waals surface area contributed by atoms with Gasteiger partial charge in [0, 0.05) is 25.2 Å². The Hall–Kier alpha value is -3.35. The molecule has 3 aromatic rings. The predicted molar refractivity (Wildman–Crippen MR) is 116 cm³/mol. The molecule has 0 radical (unpaired) electrons. The molecule has 0 fully saturated rings. The van der Waals surface area contributed by atoms with Crippen LogP contribution < -0.4 is 4.74 Å². The van der Waals surface area contributed by atoms with E-state index in [1.54, 1.807) is 32.3 Å². The largest absolute Gasteiger partial charge is 0.469 e. The molecule has 1 atom stereocenters. The van der Waals surface area contributed by atoms with Crippen LogP contribution in [0.15, 0.2) is 53.5 Å². The fourth-order valence-corrected chi connectivity index (χ4v) is 2.92. The molecular weight excluding hydrogens is 403 g/mol. The highest BCUT2D eigenvalue weighted by Gasteiger charge is 2.17. The van der Waals surface area contributed by atoms with Crippen molar-refractivity contribution >= 4 is 12.0 Å². The van der Waals surface area contributed by atoms with Crippen LogP contribution >= 0.6 is 0 Å². The van der Waals surface area contributed by atoms with Gasteiger partial charge in [-0.15, -0.1) is 0 Å². The number of benzene rings is 2. The van der Waals surface area contributed by atoms with Crippen LogP contribution in [0.3, 0.4) is 0 Å². The average molecular weight is 427 g/mol. The molecule has 1 unspecified atom stereocenters. The summed E-state index contributed by atoms with van der Waals surface area (Å²) in [4.78, 5) is 11.0. The molecule has 3 rings (SSSR count). The van der Waals surface area contributed by atoms with Crippen LogP contribution in [0.25, 0.3) is 11.1 Å². The van der Waals surface area contributed by atoms with Crippen molar-refractivity contribution in [2.45, 2.75) is 26.9 Å². The van der Waals surface area contributed by atoms with Crippen molar-refractivity contribution in [3.05, 3.63) is 77.2 Å². The summed E-state index contributed by atoms with van der Waals surface area (Å²) in [5.74, 6) is -1.46. The van der Waals surface area contributed by atoms with Gasteiger partial charge in [0.05, 0.1) is 17.7 Å². The quantitative estimate of drug-likeness (QED) is 0.332. The van der Waals surface area contributed by atoms with E-state index in [1.165, 1.54) is 24.3 Å². The van der Waals surface area contributed by atoms with Crippen LogP contribution in [0.4, 0.5) is 18.9 Å². The van der Waals surface area contributed by atoms with Gasteiger partial charge in [-0.1, -0.05) is 12.1 Å². The number of nitrogens with zero attached hydrogens (tertiary/aromatic N) is 3. The van der Waals surface area contributed by atoms with Gasteiger partial charge in [0.1, 0.15) is 23.6 Å². The molecule has 162 valence electrons. The minimum absolute atomic E-state index is 0.268. The van der Waals surface area contributed by atoms with Gasteiger partial charge in [-0.3, -0.25) is 0 Å². The number of aliphatic imine (C=N–C) groups is 1. The molecule has 0 saturated carbocycles. The number of pyridine rings is 1. The lowest BCUT2D eigenvalue weighted by atomic mass is 10.1. The van der Waals surface area contributed by atoms with E-state index in [2.05, 4.69) is 9.98 Å². The van der Waals surface area contributed by atoms with Gasteiger partial charge < -0.3 is 9.64 Å². The first-order chi connectivity index (χ1) is 14.8. The van der Waals surface area contributed by atoms with E-state index in [4.69, 9.17) is 4.74 Å². The van der Waals surface area contributed by atoms with Gasteiger partial charge in [-0.05, 0) is 62.2 Å². The van der Waals surface area contributed by atoms with E-state index in [0.717, 1.165) is 12.6 Å². The standard InChI is InChI=1S/C24H24F3N3O/c1-5-30(4)14-28-23-13-22(17-6-8-19(25)9-7-17)24(29-15(23)2)31-16(3)18-10-20(26)12-21(27)11-18/h6-14,16H,5H2,1-4H3/b28-14+. The molecule has 0 aliphatic heterocycles. The Bertz CT molecular complexity index is 1060. The Morgan fingerprint density at radius 3 is 2.29 bits per heavy atom. The maximum atomic E-state index is 13.6. The monoisotopic (exact) mass is 427 g/mol. The lowest BCUT2D eigenvalue weighted by Gasteiger charge is -2.19. The van der Waals surface area contributed by atoms with E-state index >= 15 is 0 Å². The Balaban J connectivity index is 2.04. The molecule has 0 N–H and O–H groups in total. The van der Waals surface area contributed by atoms with Crippen molar-refractivity contribution in [2.75, 3.05) is 13.6 Å². The maximum absolute atomic E-state index is 13.6. The van der Waals surface area contributed by atoms with Gasteiger partial charge in [0.25, 0.3) is 0 Å². The maximum Gasteiger partial charge on any atom is 0.222 e. The van der Waals surface area contributed by atoms with Crippen molar-refractivity contribution < 1.29 is 17.9 Å². The fourth-order valence-electron chi connectivity index (χ4n) is 2.92. The molecule has 0 spiro atoms. The third-order valence-electron chi connectivity index (χ3n) is 4.84. The van der Waals surface area contributed by atoms with Crippen LogP contribution in [0.1, 0.15) is 31.2 Å². The van der Waals surface area contributed by atoms with Crippen LogP contribution in [-0.4, -0.2) is 29.8 Å². The second-order valence-electron chi connectivity index (χ2n) is 7.23. The van der Waals surface area contributed by atoms with E-state index < -0.39 is 17.7 Å². The smallest absolute Gasteiger partial charge is 0.222 e. The number of aryl methyl sites for hydroxylation is 1. The highest BCUT2D eigenvalue weighted by Crippen LogP contribution is 2.36.